The molecule has 70 valence electrons. The van der Waals surface area contributed by atoms with Crippen LogP contribution in [-0.2, 0) is 0 Å². The number of carbonyl (C=O) groups excluding carboxylic acids is 1. The fourth-order valence-electron chi connectivity index (χ4n) is 1.04. The first kappa shape index (κ1) is 10.7. The van der Waals surface area contributed by atoms with Gasteiger partial charge in [0, 0.05) is 16.5 Å². The summed E-state index contributed by atoms with van der Waals surface area (Å²) in [6.07, 6.45) is 1.45. The van der Waals surface area contributed by atoms with Gasteiger partial charge in [0.15, 0.2) is 5.78 Å². The lowest BCUT2D eigenvalue weighted by Gasteiger charge is -2.00. The highest BCUT2D eigenvalue weighted by molar-refractivity contribution is 9.10. The zero-order valence-corrected chi connectivity index (χ0v) is 9.65. The van der Waals surface area contributed by atoms with E-state index in [-0.39, 0.29) is 5.78 Å². The highest BCUT2D eigenvalue weighted by Gasteiger charge is 2.06. The number of ketones is 1. The van der Waals surface area contributed by atoms with Crippen molar-refractivity contribution in [2.75, 3.05) is 0 Å². The summed E-state index contributed by atoms with van der Waals surface area (Å²) in [5.41, 5.74) is 0.690. The predicted octanol–water partition coefficient (Wildman–Crippen LogP) is 4.09. The molecule has 3 heteroatoms. The Hall–Kier alpha value is -0.340. The number of benzene rings is 1. The second kappa shape index (κ2) is 4.77. The highest BCUT2D eigenvalue weighted by atomic mass is 79.9. The molecular weight excluding hydrogens is 251 g/mol. The molecule has 1 aromatic carbocycles. The SMILES string of the molecule is CCCC(=O)c1ccc(Br)c(Cl)c1. The lowest BCUT2D eigenvalue weighted by Crippen LogP contribution is -1.97. The topological polar surface area (TPSA) is 17.1 Å². The summed E-state index contributed by atoms with van der Waals surface area (Å²) in [4.78, 5) is 11.4. The summed E-state index contributed by atoms with van der Waals surface area (Å²) in [6, 6.07) is 5.28. The Morgan fingerprint density at radius 2 is 2.23 bits per heavy atom. The molecule has 1 nitrogen and oxygen atoms in total. The third-order valence-electron chi connectivity index (χ3n) is 1.72. The molecular formula is C10H10BrClO. The third-order valence-corrected chi connectivity index (χ3v) is 2.95. The molecule has 0 fully saturated rings. The molecule has 0 bridgehead atoms. The quantitative estimate of drug-likeness (QED) is 0.749. The second-order valence-electron chi connectivity index (χ2n) is 2.80. The smallest absolute Gasteiger partial charge is 0.162 e. The number of hydrogen-bond donors (Lipinski definition) is 0. The largest absolute Gasteiger partial charge is 0.294 e. The minimum absolute atomic E-state index is 0.150. The molecule has 0 heterocycles. The molecule has 0 saturated heterocycles. The van der Waals surface area contributed by atoms with Crippen molar-refractivity contribution in [1.29, 1.82) is 0 Å². The lowest BCUT2D eigenvalue weighted by atomic mass is 10.1. The summed E-state index contributed by atoms with van der Waals surface area (Å²) in [7, 11) is 0. The Balaban J connectivity index is 2.90. The Morgan fingerprint density at radius 1 is 1.54 bits per heavy atom. The fraction of sp³-hybridized carbons (Fsp3) is 0.300. The minimum atomic E-state index is 0.150. The van der Waals surface area contributed by atoms with Gasteiger partial charge in [-0.25, -0.2) is 0 Å². The van der Waals surface area contributed by atoms with Gasteiger partial charge in [0.25, 0.3) is 0 Å². The van der Waals surface area contributed by atoms with Crippen LogP contribution in [0.15, 0.2) is 22.7 Å². The lowest BCUT2D eigenvalue weighted by molar-refractivity contribution is 0.0982. The van der Waals surface area contributed by atoms with Gasteiger partial charge >= 0.3 is 0 Å². The van der Waals surface area contributed by atoms with Gasteiger partial charge < -0.3 is 0 Å². The summed E-state index contributed by atoms with van der Waals surface area (Å²) < 4.78 is 0.821. The second-order valence-corrected chi connectivity index (χ2v) is 4.06. The van der Waals surface area contributed by atoms with Gasteiger partial charge in [-0.3, -0.25) is 4.79 Å². The third kappa shape index (κ3) is 2.82. The van der Waals surface area contributed by atoms with Crippen molar-refractivity contribution in [2.45, 2.75) is 19.8 Å². The van der Waals surface area contributed by atoms with Crippen LogP contribution in [0.25, 0.3) is 0 Å². The first-order chi connectivity index (χ1) is 6.15. The predicted molar refractivity (Wildman–Crippen MR) is 58.4 cm³/mol. The maximum absolute atomic E-state index is 11.4. The summed E-state index contributed by atoms with van der Waals surface area (Å²) >= 11 is 9.13. The van der Waals surface area contributed by atoms with Crippen LogP contribution in [0.4, 0.5) is 0 Å². The molecule has 0 aliphatic rings. The minimum Gasteiger partial charge on any atom is -0.294 e. The molecule has 0 atom stereocenters. The van der Waals surface area contributed by atoms with Crippen molar-refractivity contribution in [3.05, 3.63) is 33.3 Å². The number of hydrogen-bond acceptors (Lipinski definition) is 1. The van der Waals surface area contributed by atoms with E-state index in [1.54, 1.807) is 18.2 Å². The van der Waals surface area contributed by atoms with Gasteiger partial charge in [0.2, 0.25) is 0 Å². The number of carbonyl (C=O) groups is 1. The maximum Gasteiger partial charge on any atom is 0.162 e. The van der Waals surface area contributed by atoms with Crippen molar-refractivity contribution in [3.8, 4) is 0 Å². The average Bonchev–Trinajstić information content (AvgIpc) is 2.10. The summed E-state index contributed by atoms with van der Waals surface area (Å²) in [6.45, 7) is 1.98. The number of rotatable bonds is 3. The molecule has 13 heavy (non-hydrogen) atoms. The van der Waals surface area contributed by atoms with Crippen LogP contribution < -0.4 is 0 Å². The van der Waals surface area contributed by atoms with Crippen LogP contribution in [0, 0.1) is 0 Å². The molecule has 1 rings (SSSR count). The molecule has 0 N–H and O–H groups in total. The molecule has 0 aromatic heterocycles. The van der Waals surface area contributed by atoms with Gasteiger partial charge in [-0.15, -0.1) is 0 Å². The van der Waals surface area contributed by atoms with Crippen molar-refractivity contribution < 1.29 is 4.79 Å². The van der Waals surface area contributed by atoms with Crippen LogP contribution in [0.2, 0.25) is 5.02 Å². The molecule has 0 saturated carbocycles. The van der Waals surface area contributed by atoms with E-state index >= 15 is 0 Å². The Labute approximate surface area is 91.2 Å². The molecule has 0 aliphatic heterocycles. The van der Waals surface area contributed by atoms with Crippen molar-refractivity contribution in [1.82, 2.24) is 0 Å². The fourth-order valence-corrected chi connectivity index (χ4v) is 1.47. The zero-order chi connectivity index (χ0) is 9.84. The van der Waals surface area contributed by atoms with Gasteiger partial charge in [0.1, 0.15) is 0 Å². The Morgan fingerprint density at radius 3 is 2.77 bits per heavy atom. The van der Waals surface area contributed by atoms with Crippen molar-refractivity contribution in [3.63, 3.8) is 0 Å². The first-order valence-corrected chi connectivity index (χ1v) is 5.30. The highest BCUT2D eigenvalue weighted by Crippen LogP contribution is 2.23. The summed E-state index contributed by atoms with van der Waals surface area (Å²) in [5, 5.41) is 0.585. The molecule has 0 spiro atoms. The molecule has 0 aliphatic carbocycles. The van der Waals surface area contributed by atoms with E-state index in [1.807, 2.05) is 6.92 Å². The van der Waals surface area contributed by atoms with E-state index in [0.717, 1.165) is 10.9 Å². The summed E-state index contributed by atoms with van der Waals surface area (Å²) in [5.74, 6) is 0.150. The monoisotopic (exact) mass is 260 g/mol. The van der Waals surface area contributed by atoms with Gasteiger partial charge in [-0.05, 0) is 34.5 Å². The van der Waals surface area contributed by atoms with Gasteiger partial charge in [-0.2, -0.15) is 0 Å². The normalized spacial score (nSPS) is 10.1. The number of Topliss-reactive ketones (excluding diaryl/α,β-unsaturated/α-hetero) is 1. The van der Waals surface area contributed by atoms with Gasteiger partial charge in [-0.1, -0.05) is 24.6 Å². The van der Waals surface area contributed by atoms with E-state index in [1.165, 1.54) is 0 Å². The van der Waals surface area contributed by atoms with Crippen LogP contribution in [0.5, 0.6) is 0 Å². The van der Waals surface area contributed by atoms with E-state index in [0.29, 0.717) is 17.0 Å². The Bertz CT molecular complexity index is 323. The van der Waals surface area contributed by atoms with Crippen molar-refractivity contribution in [2.24, 2.45) is 0 Å². The standard InChI is InChI=1S/C10H10BrClO/c1-2-3-10(13)7-4-5-8(11)9(12)6-7/h4-6H,2-3H2,1H3. The van der Waals surface area contributed by atoms with E-state index in [9.17, 15) is 4.79 Å². The first-order valence-electron chi connectivity index (χ1n) is 4.13. The van der Waals surface area contributed by atoms with Crippen LogP contribution in [-0.4, -0.2) is 5.78 Å². The molecule has 0 unspecified atom stereocenters. The number of halogens is 2. The van der Waals surface area contributed by atoms with Crippen LogP contribution >= 0.6 is 27.5 Å². The molecule has 1 aromatic rings. The van der Waals surface area contributed by atoms with Crippen molar-refractivity contribution >= 4 is 33.3 Å². The van der Waals surface area contributed by atoms with Crippen LogP contribution in [0.1, 0.15) is 30.1 Å². The van der Waals surface area contributed by atoms with E-state index in [4.69, 9.17) is 11.6 Å². The maximum atomic E-state index is 11.4. The van der Waals surface area contributed by atoms with E-state index < -0.39 is 0 Å². The zero-order valence-electron chi connectivity index (χ0n) is 7.31. The van der Waals surface area contributed by atoms with Gasteiger partial charge in [0.05, 0.1) is 5.02 Å². The average molecular weight is 262 g/mol. The Kier molecular flexibility index (Phi) is 3.94. The van der Waals surface area contributed by atoms with Crippen LogP contribution in [0.3, 0.4) is 0 Å². The molecule has 0 radical (unpaired) electrons. The molecule has 0 amide bonds. The van der Waals surface area contributed by atoms with E-state index in [2.05, 4.69) is 15.9 Å².